The van der Waals surface area contributed by atoms with E-state index in [2.05, 4.69) is 0 Å². The first-order valence-corrected chi connectivity index (χ1v) is 9.92. The van der Waals surface area contributed by atoms with Gasteiger partial charge in [0, 0.05) is 6.54 Å². The largest absolute Gasteiger partial charge is 0.444 e. The van der Waals surface area contributed by atoms with Crippen molar-refractivity contribution in [3.05, 3.63) is 70.8 Å². The van der Waals surface area contributed by atoms with Crippen LogP contribution in [-0.4, -0.2) is 39.4 Å². The monoisotopic (exact) mass is 422 g/mol. The number of fused-ring (bicyclic) bond motifs is 2. The number of imide groups is 1. The fourth-order valence-corrected chi connectivity index (χ4v) is 3.74. The van der Waals surface area contributed by atoms with E-state index >= 15 is 0 Å². The van der Waals surface area contributed by atoms with Crippen LogP contribution >= 0.6 is 0 Å². The summed E-state index contributed by atoms with van der Waals surface area (Å²) in [6, 6.07) is 13.0. The first-order chi connectivity index (χ1) is 14.7. The molecule has 0 saturated carbocycles. The molecular weight excluding hydrogens is 400 g/mol. The lowest BCUT2D eigenvalue weighted by molar-refractivity contribution is -0.169. The van der Waals surface area contributed by atoms with Gasteiger partial charge in [0.05, 0.1) is 23.6 Å². The van der Waals surface area contributed by atoms with Crippen LogP contribution in [0, 0.1) is 0 Å². The number of hydroxylamine groups is 2. The standard InChI is InChI=1S/C23H22N2O6/c1-23(2,3)30-22(29)24-13-14-8-4-5-9-15(14)18(24)12-19(26)31-25-20(27)16-10-6-7-11-17(16)21(25)28/h4-11,18H,12-13H2,1-3H3. The molecule has 0 aromatic heterocycles. The van der Waals surface area contributed by atoms with Gasteiger partial charge in [-0.15, -0.1) is 0 Å². The summed E-state index contributed by atoms with van der Waals surface area (Å²) >= 11 is 0. The Morgan fingerprint density at radius 3 is 2.16 bits per heavy atom. The summed E-state index contributed by atoms with van der Waals surface area (Å²) < 4.78 is 5.49. The van der Waals surface area contributed by atoms with Gasteiger partial charge in [-0.2, -0.15) is 0 Å². The van der Waals surface area contributed by atoms with E-state index in [1.54, 1.807) is 32.9 Å². The zero-order chi connectivity index (χ0) is 22.3. The van der Waals surface area contributed by atoms with E-state index < -0.39 is 35.5 Å². The molecule has 160 valence electrons. The first-order valence-electron chi connectivity index (χ1n) is 9.92. The molecule has 0 aliphatic carbocycles. The van der Waals surface area contributed by atoms with Crippen LogP contribution in [0.4, 0.5) is 4.79 Å². The molecule has 0 fully saturated rings. The molecule has 1 unspecified atom stereocenters. The second-order valence-electron chi connectivity index (χ2n) is 8.44. The number of rotatable bonds is 3. The first kappa shape index (κ1) is 20.6. The lowest BCUT2D eigenvalue weighted by Crippen LogP contribution is -2.38. The lowest BCUT2D eigenvalue weighted by Gasteiger charge is -2.28. The highest BCUT2D eigenvalue weighted by molar-refractivity contribution is 6.20. The average molecular weight is 422 g/mol. The molecule has 2 aromatic rings. The molecule has 2 heterocycles. The molecule has 0 radical (unpaired) electrons. The van der Waals surface area contributed by atoms with Crippen LogP contribution in [0.15, 0.2) is 48.5 Å². The van der Waals surface area contributed by atoms with Crippen molar-refractivity contribution in [2.24, 2.45) is 0 Å². The summed E-state index contributed by atoms with van der Waals surface area (Å²) in [4.78, 5) is 57.0. The Kier molecular flexibility index (Phi) is 5.00. The molecule has 2 aliphatic heterocycles. The lowest BCUT2D eigenvalue weighted by atomic mass is 10.0. The van der Waals surface area contributed by atoms with Gasteiger partial charge in [-0.3, -0.25) is 14.5 Å². The zero-order valence-electron chi connectivity index (χ0n) is 17.5. The van der Waals surface area contributed by atoms with E-state index in [9.17, 15) is 19.2 Å². The van der Waals surface area contributed by atoms with Gasteiger partial charge in [0.25, 0.3) is 11.8 Å². The normalized spacial score (nSPS) is 17.5. The summed E-state index contributed by atoms with van der Waals surface area (Å²) in [5.74, 6) is -2.18. The highest BCUT2D eigenvalue weighted by Gasteiger charge is 2.41. The third-order valence-corrected chi connectivity index (χ3v) is 5.07. The van der Waals surface area contributed by atoms with Crippen LogP contribution in [0.1, 0.15) is 65.1 Å². The number of benzene rings is 2. The van der Waals surface area contributed by atoms with Gasteiger partial charge in [0.2, 0.25) is 0 Å². The number of amides is 3. The molecule has 1 atom stereocenters. The minimum Gasteiger partial charge on any atom is -0.444 e. The van der Waals surface area contributed by atoms with Gasteiger partial charge < -0.3 is 9.57 Å². The Balaban J connectivity index is 1.52. The molecule has 8 heteroatoms. The summed E-state index contributed by atoms with van der Waals surface area (Å²) in [7, 11) is 0. The number of ether oxygens (including phenoxy) is 1. The maximum Gasteiger partial charge on any atom is 0.411 e. The van der Waals surface area contributed by atoms with Crippen LogP contribution in [0.25, 0.3) is 0 Å². The van der Waals surface area contributed by atoms with Crippen LogP contribution in [-0.2, 0) is 20.9 Å². The molecular formula is C23H22N2O6. The number of nitrogens with zero attached hydrogens (tertiary/aromatic N) is 2. The predicted molar refractivity (Wildman–Crippen MR) is 109 cm³/mol. The Bertz CT molecular complexity index is 1050. The average Bonchev–Trinajstić information content (AvgIpc) is 3.18. The Morgan fingerprint density at radius 2 is 1.55 bits per heavy atom. The molecule has 2 aliphatic rings. The molecule has 0 saturated heterocycles. The second-order valence-corrected chi connectivity index (χ2v) is 8.44. The minimum atomic E-state index is -0.801. The number of carbonyl (C=O) groups is 4. The Morgan fingerprint density at radius 1 is 0.968 bits per heavy atom. The second kappa shape index (κ2) is 7.54. The van der Waals surface area contributed by atoms with Gasteiger partial charge in [-0.05, 0) is 44.0 Å². The quantitative estimate of drug-likeness (QED) is 0.702. The van der Waals surface area contributed by atoms with Crippen molar-refractivity contribution in [1.82, 2.24) is 9.96 Å². The third-order valence-electron chi connectivity index (χ3n) is 5.07. The predicted octanol–water partition coefficient (Wildman–Crippen LogP) is 3.62. The smallest absolute Gasteiger partial charge is 0.411 e. The summed E-state index contributed by atoms with van der Waals surface area (Å²) in [5, 5.41) is 0.478. The van der Waals surface area contributed by atoms with Gasteiger partial charge in [0.15, 0.2) is 0 Å². The zero-order valence-corrected chi connectivity index (χ0v) is 17.5. The van der Waals surface area contributed by atoms with Crippen molar-refractivity contribution < 1.29 is 28.8 Å². The van der Waals surface area contributed by atoms with Gasteiger partial charge in [-0.1, -0.05) is 41.5 Å². The Labute approximate surface area is 179 Å². The molecule has 4 rings (SSSR count). The third kappa shape index (κ3) is 3.88. The maximum atomic E-state index is 12.8. The van der Waals surface area contributed by atoms with Crippen molar-refractivity contribution in [2.45, 2.75) is 45.4 Å². The van der Waals surface area contributed by atoms with Crippen molar-refractivity contribution in [2.75, 3.05) is 0 Å². The van der Waals surface area contributed by atoms with Gasteiger partial charge in [0.1, 0.15) is 5.60 Å². The van der Waals surface area contributed by atoms with Crippen LogP contribution in [0.2, 0.25) is 0 Å². The van der Waals surface area contributed by atoms with Crippen LogP contribution < -0.4 is 0 Å². The number of carbonyl (C=O) groups excluding carboxylic acids is 4. The molecule has 8 nitrogen and oxygen atoms in total. The maximum absolute atomic E-state index is 12.8. The van der Waals surface area contributed by atoms with Crippen molar-refractivity contribution >= 4 is 23.9 Å². The van der Waals surface area contributed by atoms with Gasteiger partial charge >= 0.3 is 12.1 Å². The number of hydrogen-bond donors (Lipinski definition) is 0. The van der Waals surface area contributed by atoms with Crippen molar-refractivity contribution in [3.63, 3.8) is 0 Å². The van der Waals surface area contributed by atoms with E-state index in [0.29, 0.717) is 5.06 Å². The van der Waals surface area contributed by atoms with Crippen LogP contribution in [0.5, 0.6) is 0 Å². The van der Waals surface area contributed by atoms with Crippen molar-refractivity contribution in [3.8, 4) is 0 Å². The van der Waals surface area contributed by atoms with E-state index in [1.807, 2.05) is 24.3 Å². The molecule has 31 heavy (non-hydrogen) atoms. The topological polar surface area (TPSA) is 93.2 Å². The SMILES string of the molecule is CC(C)(C)OC(=O)N1Cc2ccccc2C1CC(=O)ON1C(=O)c2ccccc2C1=O. The fraction of sp³-hybridized carbons (Fsp3) is 0.304. The van der Waals surface area contributed by atoms with E-state index in [0.717, 1.165) is 11.1 Å². The number of hydrogen-bond acceptors (Lipinski definition) is 6. The molecule has 0 spiro atoms. The summed E-state index contributed by atoms with van der Waals surface area (Å²) in [6.07, 6.45) is -0.786. The van der Waals surface area contributed by atoms with Gasteiger partial charge in [-0.25, -0.2) is 9.59 Å². The van der Waals surface area contributed by atoms with E-state index in [4.69, 9.17) is 9.57 Å². The van der Waals surface area contributed by atoms with E-state index in [-0.39, 0.29) is 24.1 Å². The summed E-state index contributed by atoms with van der Waals surface area (Å²) in [6.45, 7) is 5.58. The fourth-order valence-electron chi connectivity index (χ4n) is 3.74. The van der Waals surface area contributed by atoms with Crippen LogP contribution in [0.3, 0.4) is 0 Å². The molecule has 3 amide bonds. The Hall–Kier alpha value is -3.68. The highest BCUT2D eigenvalue weighted by Crippen LogP contribution is 2.37. The highest BCUT2D eigenvalue weighted by atomic mass is 16.7. The summed E-state index contributed by atoms with van der Waals surface area (Å²) in [5.41, 5.74) is 1.36. The van der Waals surface area contributed by atoms with E-state index in [1.165, 1.54) is 17.0 Å². The van der Waals surface area contributed by atoms with Crippen molar-refractivity contribution in [1.29, 1.82) is 0 Å². The molecule has 0 N–H and O–H groups in total. The molecule has 2 aromatic carbocycles. The minimum absolute atomic E-state index is 0.182. The molecule has 0 bridgehead atoms.